The molecule has 7 rings (SSSR count). The third-order valence-corrected chi connectivity index (χ3v) is 7.72. The first-order valence-electron chi connectivity index (χ1n) is 14.8. The molecule has 13 nitrogen and oxygen atoms in total. The molecule has 3 amide bonds. The van der Waals surface area contributed by atoms with Crippen LogP contribution in [0.1, 0.15) is 28.8 Å². The number of ether oxygens (including phenoxy) is 3. The van der Waals surface area contributed by atoms with Crippen molar-refractivity contribution in [2.75, 3.05) is 26.8 Å². The number of nitrogens with one attached hydrogen (secondary N) is 2. The topological polar surface area (TPSA) is 150 Å². The van der Waals surface area contributed by atoms with Crippen molar-refractivity contribution in [1.82, 2.24) is 35.7 Å². The number of hydrogen-bond donors (Lipinski definition) is 2. The molecule has 3 aliphatic heterocycles. The van der Waals surface area contributed by atoms with Crippen LogP contribution in [0.4, 0.5) is 4.39 Å². The standard InChI is InChI=1S/C32H32FN7O6/c1-44-26-13-8-22-15-27(26)45-19-29(41)34-16-20-4-11-24(12-5-20)46-28-18-39(17-25(28)35-32(22)43)30(42)3-2-14-40-37-31(36-38-40)21-6-9-23(33)10-7-21/h4-13,15,25,28H,2-3,14,16-19H2,1H3,(H,34,41)(H,35,43)/t25-,28-/m0/s1. The molecule has 0 radical (unpaired) electrons. The maximum Gasteiger partial charge on any atom is 0.258 e. The lowest BCUT2D eigenvalue weighted by Gasteiger charge is -2.21. The van der Waals surface area contributed by atoms with Gasteiger partial charge in [-0.05, 0) is 71.8 Å². The average molecular weight is 630 g/mol. The minimum Gasteiger partial charge on any atom is -0.493 e. The van der Waals surface area contributed by atoms with E-state index in [1.54, 1.807) is 41.3 Å². The molecule has 2 N–H and O–H groups in total. The van der Waals surface area contributed by atoms with Gasteiger partial charge >= 0.3 is 0 Å². The van der Waals surface area contributed by atoms with Gasteiger partial charge < -0.3 is 29.7 Å². The fourth-order valence-electron chi connectivity index (χ4n) is 5.26. The van der Waals surface area contributed by atoms with Crippen LogP contribution in [0.2, 0.25) is 0 Å². The van der Waals surface area contributed by atoms with Crippen LogP contribution in [0, 0.1) is 5.82 Å². The number of amides is 3. The minimum absolute atomic E-state index is 0.0995. The molecule has 46 heavy (non-hydrogen) atoms. The fraction of sp³-hybridized carbons (Fsp3) is 0.312. The van der Waals surface area contributed by atoms with Gasteiger partial charge in [0.2, 0.25) is 11.7 Å². The Bertz CT molecular complexity index is 1710. The van der Waals surface area contributed by atoms with Crippen molar-refractivity contribution in [2.45, 2.75) is 38.1 Å². The number of fused-ring (bicyclic) bond motifs is 7. The zero-order chi connectivity index (χ0) is 32.0. The van der Waals surface area contributed by atoms with Crippen molar-refractivity contribution < 1.29 is 33.0 Å². The van der Waals surface area contributed by atoms with Crippen LogP contribution in [0.5, 0.6) is 17.2 Å². The van der Waals surface area contributed by atoms with E-state index in [2.05, 4.69) is 26.0 Å². The summed E-state index contributed by atoms with van der Waals surface area (Å²) in [6.07, 6.45) is 0.169. The summed E-state index contributed by atoms with van der Waals surface area (Å²) < 4.78 is 30.6. The van der Waals surface area contributed by atoms with Gasteiger partial charge in [0.25, 0.3) is 11.8 Å². The van der Waals surface area contributed by atoms with Crippen molar-refractivity contribution in [3.63, 3.8) is 0 Å². The lowest BCUT2D eigenvalue weighted by atomic mass is 10.1. The number of carbonyl (C=O) groups excluding carboxylic acids is 3. The van der Waals surface area contributed by atoms with E-state index in [1.165, 1.54) is 30.1 Å². The highest BCUT2D eigenvalue weighted by atomic mass is 19.1. The zero-order valence-electron chi connectivity index (χ0n) is 25.0. The molecule has 2 atom stereocenters. The van der Waals surface area contributed by atoms with Gasteiger partial charge in [0.05, 0.1) is 26.2 Å². The van der Waals surface area contributed by atoms with Crippen LogP contribution in [0.15, 0.2) is 66.7 Å². The summed E-state index contributed by atoms with van der Waals surface area (Å²) in [5, 5.41) is 18.2. The largest absolute Gasteiger partial charge is 0.493 e. The average Bonchev–Trinajstić information content (AvgIpc) is 3.70. The van der Waals surface area contributed by atoms with Crippen molar-refractivity contribution in [3.05, 3.63) is 83.7 Å². The third-order valence-electron chi connectivity index (χ3n) is 7.72. The summed E-state index contributed by atoms with van der Waals surface area (Å²) >= 11 is 0. The lowest BCUT2D eigenvalue weighted by molar-refractivity contribution is -0.130. The molecule has 4 aromatic rings. The van der Waals surface area contributed by atoms with Gasteiger partial charge in [-0.25, -0.2) is 4.39 Å². The molecule has 4 heterocycles. The number of carbonyl (C=O) groups is 3. The van der Waals surface area contributed by atoms with E-state index in [9.17, 15) is 18.8 Å². The Kier molecular flexibility index (Phi) is 9.03. The Hall–Kier alpha value is -5.53. The van der Waals surface area contributed by atoms with E-state index in [0.29, 0.717) is 48.0 Å². The summed E-state index contributed by atoms with van der Waals surface area (Å²) in [4.78, 5) is 42.2. The first-order valence-corrected chi connectivity index (χ1v) is 14.8. The quantitative estimate of drug-likeness (QED) is 0.328. The molecule has 3 aromatic carbocycles. The Morgan fingerprint density at radius 2 is 1.83 bits per heavy atom. The predicted octanol–water partition coefficient (Wildman–Crippen LogP) is 2.36. The van der Waals surface area contributed by atoms with E-state index in [4.69, 9.17) is 14.2 Å². The normalized spacial score (nSPS) is 18.1. The fourth-order valence-corrected chi connectivity index (χ4v) is 5.26. The van der Waals surface area contributed by atoms with Gasteiger partial charge in [0, 0.05) is 30.6 Å². The Morgan fingerprint density at radius 1 is 1.04 bits per heavy atom. The Labute approximate surface area is 263 Å². The molecule has 1 saturated heterocycles. The number of nitrogens with zero attached hydrogens (tertiary/aromatic N) is 5. The van der Waals surface area contributed by atoms with Crippen LogP contribution in [0.25, 0.3) is 11.4 Å². The maximum absolute atomic E-state index is 13.4. The summed E-state index contributed by atoms with van der Waals surface area (Å²) in [6, 6.07) is 17.3. The molecule has 238 valence electrons. The summed E-state index contributed by atoms with van der Waals surface area (Å²) in [6.45, 7) is 0.928. The number of benzene rings is 3. The molecule has 14 heteroatoms. The first kappa shape index (κ1) is 30.5. The van der Waals surface area contributed by atoms with Crippen LogP contribution in [-0.2, 0) is 22.7 Å². The number of likely N-dealkylation sites (tertiary alicyclic amines) is 1. The van der Waals surface area contributed by atoms with Gasteiger partial charge in [0.15, 0.2) is 18.1 Å². The summed E-state index contributed by atoms with van der Waals surface area (Å²) in [5.74, 6) is 0.405. The smallest absolute Gasteiger partial charge is 0.258 e. The molecule has 1 fully saturated rings. The first-order chi connectivity index (χ1) is 22.3. The van der Waals surface area contributed by atoms with E-state index in [-0.39, 0.29) is 49.5 Å². The molecule has 1 aromatic heterocycles. The number of hydrogen-bond acceptors (Lipinski definition) is 9. The Balaban J connectivity index is 1.14. The zero-order valence-corrected chi connectivity index (χ0v) is 25.0. The number of rotatable bonds is 6. The number of aromatic nitrogens is 4. The number of aryl methyl sites for hydroxylation is 1. The second-order valence-electron chi connectivity index (χ2n) is 10.9. The monoisotopic (exact) mass is 629 g/mol. The van der Waals surface area contributed by atoms with E-state index in [0.717, 1.165) is 5.56 Å². The lowest BCUT2D eigenvalue weighted by Crippen LogP contribution is -2.45. The number of methoxy groups -OCH3 is 1. The van der Waals surface area contributed by atoms with E-state index in [1.807, 2.05) is 12.1 Å². The maximum atomic E-state index is 13.4. The van der Waals surface area contributed by atoms with Gasteiger partial charge in [-0.2, -0.15) is 4.80 Å². The minimum atomic E-state index is -0.515. The number of halogens is 1. The van der Waals surface area contributed by atoms with Crippen molar-refractivity contribution in [3.8, 4) is 28.6 Å². The predicted molar refractivity (Wildman–Crippen MR) is 161 cm³/mol. The molecule has 0 unspecified atom stereocenters. The highest BCUT2D eigenvalue weighted by Crippen LogP contribution is 2.29. The van der Waals surface area contributed by atoms with E-state index < -0.39 is 18.1 Å². The highest BCUT2D eigenvalue weighted by Gasteiger charge is 2.38. The molecular weight excluding hydrogens is 597 g/mol. The molecular formula is C32H32FN7O6. The van der Waals surface area contributed by atoms with Gasteiger partial charge in [-0.1, -0.05) is 12.1 Å². The van der Waals surface area contributed by atoms with Crippen LogP contribution < -0.4 is 24.8 Å². The Morgan fingerprint density at radius 3 is 2.61 bits per heavy atom. The molecule has 4 bridgehead atoms. The van der Waals surface area contributed by atoms with Crippen LogP contribution in [-0.4, -0.2) is 81.8 Å². The third kappa shape index (κ3) is 7.22. The van der Waals surface area contributed by atoms with Gasteiger partial charge in [0.1, 0.15) is 17.7 Å². The van der Waals surface area contributed by atoms with Crippen molar-refractivity contribution >= 4 is 17.7 Å². The summed E-state index contributed by atoms with van der Waals surface area (Å²) in [5.41, 5.74) is 1.81. The van der Waals surface area contributed by atoms with Crippen molar-refractivity contribution in [2.24, 2.45) is 0 Å². The highest BCUT2D eigenvalue weighted by molar-refractivity contribution is 5.95. The van der Waals surface area contributed by atoms with Crippen LogP contribution >= 0.6 is 0 Å². The van der Waals surface area contributed by atoms with Gasteiger partial charge in [-0.15, -0.1) is 10.2 Å². The molecule has 0 saturated carbocycles. The SMILES string of the molecule is COc1ccc2cc1OCC(=O)NCc1ccc(cc1)O[C@H]1CN(C(=O)CCCn3nnc(-c4ccc(F)cc4)n3)C[C@@H]1NC2=O. The molecule has 0 aliphatic carbocycles. The molecule has 3 aliphatic rings. The molecule has 0 spiro atoms. The summed E-state index contributed by atoms with van der Waals surface area (Å²) in [7, 11) is 1.47. The second-order valence-corrected chi connectivity index (χ2v) is 10.9. The second kappa shape index (κ2) is 13.6. The van der Waals surface area contributed by atoms with Crippen molar-refractivity contribution in [1.29, 1.82) is 0 Å². The van der Waals surface area contributed by atoms with Crippen LogP contribution in [0.3, 0.4) is 0 Å². The number of tetrazole rings is 1. The van der Waals surface area contributed by atoms with Gasteiger partial charge in [-0.3, -0.25) is 14.4 Å². The van der Waals surface area contributed by atoms with E-state index >= 15 is 0 Å².